The van der Waals surface area contributed by atoms with E-state index in [1.54, 1.807) is 0 Å². The van der Waals surface area contributed by atoms with Gasteiger partial charge < -0.3 is 20.6 Å². The Morgan fingerprint density at radius 1 is 0.931 bits per heavy atom. The van der Waals surface area contributed by atoms with Crippen molar-refractivity contribution in [1.29, 1.82) is 0 Å². The summed E-state index contributed by atoms with van der Waals surface area (Å²) < 4.78 is 0. The molecule has 0 saturated carbocycles. The highest BCUT2D eigenvalue weighted by Gasteiger charge is 2.28. The molecular formula is C20H37N5O4. The predicted molar refractivity (Wildman–Crippen MR) is 111 cm³/mol. The lowest BCUT2D eigenvalue weighted by Crippen LogP contribution is -2.50. The van der Waals surface area contributed by atoms with Gasteiger partial charge in [0.2, 0.25) is 11.8 Å². The van der Waals surface area contributed by atoms with Crippen LogP contribution in [0, 0.1) is 0 Å². The Kier molecular flexibility index (Phi) is 10.4. The maximum atomic E-state index is 12.3. The molecule has 2 saturated heterocycles. The van der Waals surface area contributed by atoms with Crippen molar-refractivity contribution in [2.75, 3.05) is 66.0 Å². The zero-order valence-corrected chi connectivity index (χ0v) is 17.7. The third kappa shape index (κ3) is 9.56. The number of likely N-dealkylation sites (N-methyl/N-ethyl adjacent to an activating group) is 1. The highest BCUT2D eigenvalue weighted by Crippen LogP contribution is 2.18. The molecular weight excluding hydrogens is 388 g/mol. The number of nitrogens with one attached hydrogen (secondary N) is 2. The van der Waals surface area contributed by atoms with E-state index in [0.717, 1.165) is 52.1 Å². The first kappa shape index (κ1) is 23.6. The lowest BCUT2D eigenvalue weighted by molar-refractivity contribution is -0.137. The van der Waals surface area contributed by atoms with Gasteiger partial charge in [0.1, 0.15) is 0 Å². The number of rotatable bonds is 12. The van der Waals surface area contributed by atoms with Gasteiger partial charge in [0.15, 0.2) is 0 Å². The molecule has 166 valence electrons. The fourth-order valence-corrected chi connectivity index (χ4v) is 3.91. The second kappa shape index (κ2) is 12.8. The van der Waals surface area contributed by atoms with Crippen LogP contribution >= 0.6 is 0 Å². The van der Waals surface area contributed by atoms with E-state index in [9.17, 15) is 14.4 Å². The normalized spacial score (nSPS) is 21.2. The van der Waals surface area contributed by atoms with Crippen molar-refractivity contribution in [2.45, 2.75) is 44.6 Å². The second-order valence-corrected chi connectivity index (χ2v) is 8.17. The molecule has 0 aliphatic carbocycles. The number of carboxylic acid groups (broad SMARTS) is 1. The minimum atomic E-state index is -0.856. The lowest BCUT2D eigenvalue weighted by Gasteiger charge is -2.36. The Balaban J connectivity index is 1.55. The van der Waals surface area contributed by atoms with Gasteiger partial charge in [-0.25, -0.2) is 0 Å². The molecule has 2 heterocycles. The molecule has 0 spiro atoms. The Bertz CT molecular complexity index is 537. The number of nitrogens with zero attached hydrogens (tertiary/aromatic N) is 3. The van der Waals surface area contributed by atoms with Gasteiger partial charge in [0.25, 0.3) is 0 Å². The van der Waals surface area contributed by atoms with E-state index in [1.807, 2.05) is 0 Å². The predicted octanol–water partition coefficient (Wildman–Crippen LogP) is -0.424. The van der Waals surface area contributed by atoms with Crippen LogP contribution < -0.4 is 10.6 Å². The zero-order valence-electron chi connectivity index (χ0n) is 17.7. The third-order valence-corrected chi connectivity index (χ3v) is 5.70. The average Bonchev–Trinajstić information content (AvgIpc) is 3.10. The van der Waals surface area contributed by atoms with E-state index in [4.69, 9.17) is 5.11 Å². The maximum Gasteiger partial charge on any atom is 0.303 e. The molecule has 2 fully saturated rings. The van der Waals surface area contributed by atoms with Crippen LogP contribution in [0.15, 0.2) is 0 Å². The first-order valence-corrected chi connectivity index (χ1v) is 10.8. The van der Waals surface area contributed by atoms with Crippen LogP contribution in [0.5, 0.6) is 0 Å². The summed E-state index contributed by atoms with van der Waals surface area (Å²) in [5, 5.41) is 14.2. The van der Waals surface area contributed by atoms with Crippen LogP contribution in [-0.4, -0.2) is 110 Å². The summed E-state index contributed by atoms with van der Waals surface area (Å²) in [6, 6.07) is 0.459. The van der Waals surface area contributed by atoms with E-state index < -0.39 is 5.97 Å². The first-order chi connectivity index (χ1) is 13.9. The van der Waals surface area contributed by atoms with Crippen LogP contribution in [0.25, 0.3) is 0 Å². The highest BCUT2D eigenvalue weighted by atomic mass is 16.5. The van der Waals surface area contributed by atoms with Crippen LogP contribution in [-0.2, 0) is 14.4 Å². The van der Waals surface area contributed by atoms with Gasteiger partial charge >= 0.3 is 5.97 Å². The monoisotopic (exact) mass is 425 g/mol. The topological polar surface area (TPSA) is 105 Å². The van der Waals surface area contributed by atoms with Gasteiger partial charge in [0, 0.05) is 64.7 Å². The van der Waals surface area contributed by atoms with Gasteiger partial charge in [-0.3, -0.25) is 24.2 Å². The molecule has 0 aromatic heterocycles. The molecule has 0 radical (unpaired) electrons. The van der Waals surface area contributed by atoms with Gasteiger partial charge in [-0.15, -0.1) is 0 Å². The number of likely N-dealkylation sites (tertiary alicyclic amines) is 1. The number of aliphatic carboxylic acids is 1. The lowest BCUT2D eigenvalue weighted by atomic mass is 10.4. The van der Waals surface area contributed by atoms with E-state index in [-0.39, 0.29) is 18.2 Å². The Hall–Kier alpha value is -1.71. The number of hydrogen-bond acceptors (Lipinski definition) is 6. The first-order valence-electron chi connectivity index (χ1n) is 10.8. The summed E-state index contributed by atoms with van der Waals surface area (Å²) in [7, 11) is 2.16. The third-order valence-electron chi connectivity index (χ3n) is 5.70. The maximum absolute atomic E-state index is 12.3. The van der Waals surface area contributed by atoms with E-state index in [0.29, 0.717) is 44.9 Å². The molecule has 3 N–H and O–H groups in total. The molecule has 9 heteroatoms. The van der Waals surface area contributed by atoms with Gasteiger partial charge in [0.05, 0.1) is 6.54 Å². The smallest absolute Gasteiger partial charge is 0.303 e. The van der Waals surface area contributed by atoms with Crippen molar-refractivity contribution in [3.05, 3.63) is 0 Å². The van der Waals surface area contributed by atoms with Gasteiger partial charge in [-0.05, 0) is 39.3 Å². The zero-order chi connectivity index (χ0) is 21.1. The number of carboxylic acids is 1. The number of hydrogen-bond donors (Lipinski definition) is 3. The Morgan fingerprint density at radius 2 is 1.59 bits per heavy atom. The summed E-state index contributed by atoms with van der Waals surface area (Å²) in [4.78, 5) is 41.5. The molecule has 0 aromatic carbocycles. The van der Waals surface area contributed by atoms with Crippen LogP contribution in [0.1, 0.15) is 38.5 Å². The van der Waals surface area contributed by atoms with Gasteiger partial charge in [-0.1, -0.05) is 0 Å². The fraction of sp³-hybridized carbons (Fsp3) is 0.850. The molecule has 0 bridgehead atoms. The minimum Gasteiger partial charge on any atom is -0.481 e. The van der Waals surface area contributed by atoms with E-state index in [2.05, 4.69) is 32.4 Å². The molecule has 2 amide bonds. The van der Waals surface area contributed by atoms with Crippen molar-refractivity contribution in [3.63, 3.8) is 0 Å². The number of piperazine rings is 1. The van der Waals surface area contributed by atoms with Crippen LogP contribution in [0.4, 0.5) is 0 Å². The summed E-state index contributed by atoms with van der Waals surface area (Å²) in [6.45, 7) is 7.74. The van der Waals surface area contributed by atoms with Gasteiger partial charge in [-0.2, -0.15) is 0 Å². The van der Waals surface area contributed by atoms with Crippen molar-refractivity contribution in [3.8, 4) is 0 Å². The largest absolute Gasteiger partial charge is 0.481 e. The average molecular weight is 425 g/mol. The minimum absolute atomic E-state index is 0.0251. The van der Waals surface area contributed by atoms with E-state index in [1.165, 1.54) is 0 Å². The van der Waals surface area contributed by atoms with Crippen LogP contribution in [0.3, 0.4) is 0 Å². The van der Waals surface area contributed by atoms with Crippen molar-refractivity contribution in [2.24, 2.45) is 0 Å². The summed E-state index contributed by atoms with van der Waals surface area (Å²) >= 11 is 0. The standard InChI is InChI=1S/C20H37N5O4/c1-23-11-13-24(14-12-23)15-17-5-4-10-25(17)16-19(27)22-8-2-6-18(26)21-9-3-7-20(28)29/h17H,2-16H2,1H3,(H,21,26)(H,22,27)(H,28,29)/i1+1,4+1,5+1,10+1,11+1,12+1,13+1,14+1,15+1,17+1,18+1,20+1,21+1,22+1. The van der Waals surface area contributed by atoms with Crippen molar-refractivity contribution in [1.82, 2.24) is 25.3 Å². The molecule has 9 nitrogen and oxygen atoms in total. The molecule has 0 aromatic rings. The molecule has 1 unspecified atom stereocenters. The number of amides is 2. The van der Waals surface area contributed by atoms with Crippen molar-refractivity contribution >= 4 is 17.8 Å². The van der Waals surface area contributed by atoms with E-state index >= 15 is 0 Å². The SMILES string of the molecule is [13CH3]N1[13CH2][13CH2]N([13CH2][13CH]2[13CH2][13CH2][13CH2]N2CC(=O)[15NH]CCC[13C](=O)[15NH]CCC[13C](=O)O)[13CH2][13CH2]1. The number of carbonyl (C=O) groups is 3. The number of carbonyl (C=O) groups excluding carboxylic acids is 2. The molecule has 2 aliphatic heterocycles. The molecule has 2 aliphatic rings. The summed E-state index contributed by atoms with van der Waals surface area (Å²) in [6.07, 6.45) is 3.71. The Morgan fingerprint density at radius 3 is 2.28 bits per heavy atom. The second-order valence-electron chi connectivity index (χ2n) is 8.17. The molecule has 1 atom stereocenters. The summed E-state index contributed by atoms with van der Waals surface area (Å²) in [5.74, 6) is -0.931. The molecule has 29 heavy (non-hydrogen) atoms. The Labute approximate surface area is 173 Å². The highest BCUT2D eigenvalue weighted by molar-refractivity contribution is 5.78. The quantitative estimate of drug-likeness (QED) is 0.222. The van der Waals surface area contributed by atoms with Crippen molar-refractivity contribution < 1.29 is 19.5 Å². The molecule has 2 rings (SSSR count). The summed E-state index contributed by atoms with van der Waals surface area (Å²) in [5.41, 5.74) is 0. The fourth-order valence-electron chi connectivity index (χ4n) is 3.91. The van der Waals surface area contributed by atoms with Crippen LogP contribution in [0.2, 0.25) is 0 Å².